The van der Waals surface area contributed by atoms with E-state index in [4.69, 9.17) is 4.74 Å². The maximum atomic E-state index is 12.2. The van der Waals surface area contributed by atoms with E-state index in [1.807, 2.05) is 0 Å². The Labute approximate surface area is 113 Å². The summed E-state index contributed by atoms with van der Waals surface area (Å²) in [4.78, 5) is 25.0. The summed E-state index contributed by atoms with van der Waals surface area (Å²) in [5.74, 6) is -0.899. The van der Waals surface area contributed by atoms with Gasteiger partial charge in [-0.05, 0) is 25.7 Å². The highest BCUT2D eigenvalue weighted by Crippen LogP contribution is 2.18. The van der Waals surface area contributed by atoms with Gasteiger partial charge >= 0.3 is 12.0 Å². The monoisotopic (exact) mass is 270 g/mol. The first kappa shape index (κ1) is 14.1. The lowest BCUT2D eigenvalue weighted by atomic mass is 10.1. The Kier molecular flexibility index (Phi) is 5.01. The van der Waals surface area contributed by atoms with Gasteiger partial charge in [0.05, 0.1) is 0 Å². The summed E-state index contributed by atoms with van der Waals surface area (Å²) in [7, 11) is 0. The number of carbonyl (C=O) groups is 2. The van der Waals surface area contributed by atoms with E-state index < -0.39 is 12.0 Å². The molecule has 19 heavy (non-hydrogen) atoms. The molecule has 2 aliphatic heterocycles. The fourth-order valence-corrected chi connectivity index (χ4v) is 2.71. The van der Waals surface area contributed by atoms with Gasteiger partial charge < -0.3 is 20.1 Å². The van der Waals surface area contributed by atoms with Crippen molar-refractivity contribution in [3.63, 3.8) is 0 Å². The molecular formula is C13H22N2O4. The smallest absolute Gasteiger partial charge is 0.326 e. The van der Waals surface area contributed by atoms with Crippen LogP contribution in [0.4, 0.5) is 4.79 Å². The molecule has 2 N–H and O–H groups in total. The maximum absolute atomic E-state index is 12.2. The number of aliphatic carboxylic acids is 1. The zero-order valence-corrected chi connectivity index (χ0v) is 11.1. The van der Waals surface area contributed by atoms with Crippen molar-refractivity contribution in [1.82, 2.24) is 10.2 Å². The molecule has 6 nitrogen and oxygen atoms in total. The summed E-state index contributed by atoms with van der Waals surface area (Å²) in [5.41, 5.74) is 0. The number of hydrogen-bond donors (Lipinski definition) is 2. The normalized spacial score (nSPS) is 25.7. The van der Waals surface area contributed by atoms with Crippen LogP contribution in [0, 0.1) is 0 Å². The van der Waals surface area contributed by atoms with E-state index in [1.54, 1.807) is 0 Å². The number of urea groups is 1. The van der Waals surface area contributed by atoms with Crippen LogP contribution < -0.4 is 5.32 Å². The van der Waals surface area contributed by atoms with Gasteiger partial charge in [-0.2, -0.15) is 0 Å². The van der Waals surface area contributed by atoms with Crippen LogP contribution in [-0.4, -0.2) is 53.8 Å². The summed E-state index contributed by atoms with van der Waals surface area (Å²) in [6.45, 7) is 1.85. The van der Waals surface area contributed by atoms with Crippen LogP contribution in [0.2, 0.25) is 0 Å². The molecule has 2 saturated heterocycles. The van der Waals surface area contributed by atoms with E-state index in [-0.39, 0.29) is 12.1 Å². The standard InChI is InChI=1S/C13H22N2O4/c16-12(17)11-4-2-1-3-7-15(11)13(18)14-10-5-8-19-9-6-10/h10-11H,1-9H2,(H,14,18)(H,16,17). The third-order valence-electron chi connectivity index (χ3n) is 3.85. The largest absolute Gasteiger partial charge is 0.480 e. The second kappa shape index (κ2) is 6.75. The van der Waals surface area contributed by atoms with Crippen LogP contribution in [-0.2, 0) is 9.53 Å². The van der Waals surface area contributed by atoms with Gasteiger partial charge in [-0.15, -0.1) is 0 Å². The molecule has 2 amide bonds. The highest BCUT2D eigenvalue weighted by atomic mass is 16.5. The molecule has 0 bridgehead atoms. The molecule has 0 saturated carbocycles. The van der Waals surface area contributed by atoms with Crippen molar-refractivity contribution >= 4 is 12.0 Å². The Hall–Kier alpha value is -1.30. The predicted octanol–water partition coefficient (Wildman–Crippen LogP) is 1.20. The summed E-state index contributed by atoms with van der Waals surface area (Å²) < 4.78 is 5.25. The van der Waals surface area contributed by atoms with E-state index in [9.17, 15) is 14.7 Å². The number of carboxylic acids is 1. The van der Waals surface area contributed by atoms with Gasteiger partial charge in [-0.1, -0.05) is 12.8 Å². The number of nitrogens with one attached hydrogen (secondary N) is 1. The Morgan fingerprint density at radius 1 is 1.11 bits per heavy atom. The second-order valence-corrected chi connectivity index (χ2v) is 5.23. The number of hydrogen-bond acceptors (Lipinski definition) is 3. The Morgan fingerprint density at radius 3 is 2.53 bits per heavy atom. The quantitative estimate of drug-likeness (QED) is 0.790. The number of rotatable bonds is 2. The fraction of sp³-hybridized carbons (Fsp3) is 0.846. The Bertz CT molecular complexity index is 329. The van der Waals surface area contributed by atoms with E-state index in [0.717, 1.165) is 32.1 Å². The van der Waals surface area contributed by atoms with Gasteiger partial charge in [-0.25, -0.2) is 9.59 Å². The first-order valence-electron chi connectivity index (χ1n) is 7.06. The van der Waals surface area contributed by atoms with Crippen LogP contribution in [0.5, 0.6) is 0 Å². The van der Waals surface area contributed by atoms with Crippen LogP contribution in [0.25, 0.3) is 0 Å². The number of likely N-dealkylation sites (tertiary alicyclic amines) is 1. The molecule has 6 heteroatoms. The van der Waals surface area contributed by atoms with E-state index in [2.05, 4.69) is 5.32 Å². The molecule has 0 aromatic rings. The minimum Gasteiger partial charge on any atom is -0.480 e. The van der Waals surface area contributed by atoms with Gasteiger partial charge in [0.25, 0.3) is 0 Å². The first-order chi connectivity index (χ1) is 9.18. The van der Waals surface area contributed by atoms with Crippen molar-refractivity contribution in [3.8, 4) is 0 Å². The lowest BCUT2D eigenvalue weighted by molar-refractivity contribution is -0.142. The fourth-order valence-electron chi connectivity index (χ4n) is 2.71. The molecule has 2 aliphatic rings. The van der Waals surface area contributed by atoms with Crippen molar-refractivity contribution in [2.75, 3.05) is 19.8 Å². The van der Waals surface area contributed by atoms with Crippen molar-refractivity contribution in [3.05, 3.63) is 0 Å². The molecule has 2 fully saturated rings. The molecule has 2 heterocycles. The minimum absolute atomic E-state index is 0.110. The first-order valence-corrected chi connectivity index (χ1v) is 7.06. The second-order valence-electron chi connectivity index (χ2n) is 5.23. The van der Waals surface area contributed by atoms with Gasteiger partial charge in [0, 0.05) is 25.8 Å². The number of ether oxygens (including phenoxy) is 1. The lowest BCUT2D eigenvalue weighted by Gasteiger charge is -2.30. The van der Waals surface area contributed by atoms with Gasteiger partial charge in [0.1, 0.15) is 6.04 Å². The molecule has 0 spiro atoms. The van der Waals surface area contributed by atoms with Crippen molar-refractivity contribution in [2.24, 2.45) is 0 Å². The zero-order valence-electron chi connectivity index (χ0n) is 11.1. The van der Waals surface area contributed by atoms with Crippen LogP contribution >= 0.6 is 0 Å². The van der Waals surface area contributed by atoms with E-state index in [1.165, 1.54) is 4.90 Å². The third-order valence-corrected chi connectivity index (χ3v) is 3.85. The van der Waals surface area contributed by atoms with Gasteiger partial charge in [-0.3, -0.25) is 0 Å². The van der Waals surface area contributed by atoms with E-state index in [0.29, 0.717) is 26.2 Å². The lowest BCUT2D eigenvalue weighted by Crippen LogP contribution is -2.52. The number of amides is 2. The van der Waals surface area contributed by atoms with Crippen molar-refractivity contribution in [2.45, 2.75) is 50.6 Å². The summed E-state index contributed by atoms with van der Waals surface area (Å²) in [6, 6.07) is -0.803. The highest BCUT2D eigenvalue weighted by molar-refractivity contribution is 5.82. The predicted molar refractivity (Wildman–Crippen MR) is 69.0 cm³/mol. The van der Waals surface area contributed by atoms with Crippen molar-refractivity contribution in [1.29, 1.82) is 0 Å². The van der Waals surface area contributed by atoms with E-state index >= 15 is 0 Å². The topological polar surface area (TPSA) is 78.9 Å². The number of carboxylic acid groups (broad SMARTS) is 1. The highest BCUT2D eigenvalue weighted by Gasteiger charge is 2.31. The average Bonchev–Trinajstić information content (AvgIpc) is 2.65. The molecule has 1 atom stereocenters. The minimum atomic E-state index is -0.899. The average molecular weight is 270 g/mol. The molecular weight excluding hydrogens is 248 g/mol. The summed E-state index contributed by atoms with van der Waals surface area (Å²) in [6.07, 6.45) is 4.90. The number of carbonyl (C=O) groups excluding carboxylic acids is 1. The maximum Gasteiger partial charge on any atom is 0.326 e. The molecule has 0 aromatic heterocycles. The van der Waals surface area contributed by atoms with Gasteiger partial charge in [0.15, 0.2) is 0 Å². The van der Waals surface area contributed by atoms with Crippen LogP contribution in [0.15, 0.2) is 0 Å². The zero-order chi connectivity index (χ0) is 13.7. The molecule has 0 aromatic carbocycles. The molecule has 2 rings (SSSR count). The molecule has 1 unspecified atom stereocenters. The van der Waals surface area contributed by atoms with Crippen molar-refractivity contribution < 1.29 is 19.4 Å². The molecule has 108 valence electrons. The summed E-state index contributed by atoms with van der Waals surface area (Å²) in [5, 5.41) is 12.2. The van der Waals surface area contributed by atoms with Crippen LogP contribution in [0.3, 0.4) is 0 Å². The van der Waals surface area contributed by atoms with Crippen LogP contribution in [0.1, 0.15) is 38.5 Å². The molecule has 0 radical (unpaired) electrons. The Morgan fingerprint density at radius 2 is 1.84 bits per heavy atom. The SMILES string of the molecule is O=C(O)C1CCCCCN1C(=O)NC1CCOCC1. The van der Waals surface area contributed by atoms with Gasteiger partial charge in [0.2, 0.25) is 0 Å². The Balaban J connectivity index is 1.95. The number of nitrogens with zero attached hydrogens (tertiary/aromatic N) is 1. The summed E-state index contributed by atoms with van der Waals surface area (Å²) >= 11 is 0. The molecule has 0 aliphatic carbocycles. The third kappa shape index (κ3) is 3.83.